The summed E-state index contributed by atoms with van der Waals surface area (Å²) in [4.78, 5) is 25.7. The molecule has 7 nitrogen and oxygen atoms in total. The Labute approximate surface area is 470 Å². The fourth-order valence-electron chi connectivity index (χ4n) is 12.0. The van der Waals surface area contributed by atoms with Crippen molar-refractivity contribution in [3.63, 3.8) is 0 Å². The van der Waals surface area contributed by atoms with Crippen molar-refractivity contribution in [2.45, 2.75) is 0 Å². The van der Waals surface area contributed by atoms with Gasteiger partial charge in [-0.3, -0.25) is 9.97 Å². The Balaban J connectivity index is 0.945. The van der Waals surface area contributed by atoms with Crippen LogP contribution in [0.5, 0.6) is 0 Å². The summed E-state index contributed by atoms with van der Waals surface area (Å²) < 4.78 is 7.47. The van der Waals surface area contributed by atoms with Crippen LogP contribution >= 0.6 is 11.3 Å². The molecule has 0 amide bonds. The molecule has 0 saturated carbocycles. The number of para-hydroxylation sites is 3. The summed E-state index contributed by atoms with van der Waals surface area (Å²) in [6, 6.07) is 92.4. The summed E-state index contributed by atoms with van der Waals surface area (Å²) >= 11 is 1.91. The van der Waals surface area contributed by atoms with Crippen molar-refractivity contribution >= 4 is 75.1 Å². The van der Waals surface area contributed by atoms with Gasteiger partial charge in [0.05, 0.1) is 27.8 Å². The van der Waals surface area contributed by atoms with E-state index in [0.29, 0.717) is 28.9 Å². The van der Waals surface area contributed by atoms with Crippen molar-refractivity contribution < 1.29 is 0 Å². The Morgan fingerprint density at radius 1 is 0.284 bits per heavy atom. The van der Waals surface area contributed by atoms with Gasteiger partial charge >= 0.3 is 0 Å². The van der Waals surface area contributed by atoms with Gasteiger partial charge in [0.15, 0.2) is 17.5 Å². The quantitative estimate of drug-likeness (QED) is 0.144. The maximum Gasteiger partial charge on any atom is 0.182 e. The number of rotatable bonds is 9. The van der Waals surface area contributed by atoms with Crippen molar-refractivity contribution in [3.05, 3.63) is 273 Å². The van der Waals surface area contributed by atoms with E-state index < -0.39 is 0 Å². The molecule has 0 saturated heterocycles. The van der Waals surface area contributed by atoms with Gasteiger partial charge in [0, 0.05) is 87.6 Å². The maximum absolute atomic E-state index is 5.32. The molecule has 0 aliphatic rings. The van der Waals surface area contributed by atoms with E-state index in [2.05, 4.69) is 221 Å². The van der Waals surface area contributed by atoms with Crippen LogP contribution in [0.15, 0.2) is 273 Å². The van der Waals surface area contributed by atoms with E-state index in [-0.39, 0.29) is 0 Å². The molecule has 0 unspecified atom stereocenters. The second kappa shape index (κ2) is 19.1. The third-order valence-electron chi connectivity index (χ3n) is 15.7. The number of pyridine rings is 2. The lowest BCUT2D eigenvalue weighted by molar-refractivity contribution is 1.05. The third kappa shape index (κ3) is 7.75. The molecule has 16 rings (SSSR count). The zero-order valence-electron chi connectivity index (χ0n) is 43.5. The molecule has 16 aromatic rings. The topological polar surface area (TPSA) is 74.3 Å². The molecule has 6 heterocycles. The smallest absolute Gasteiger partial charge is 0.182 e. The Kier molecular flexibility index (Phi) is 10.9. The second-order valence-electron chi connectivity index (χ2n) is 20.4. The number of hydrogen-bond acceptors (Lipinski definition) is 6. The first kappa shape index (κ1) is 46.4. The SMILES string of the molecule is c1ccc(-c2ccc(-c3nc(-c4cc(-c5ccccc5)c(-n5c6ccccc6c6c7sc8c(ccc9c8c8ccccc8n9-c8ccccc8)c7ccc65)c(-c5ccccc5)c4)nc(-c4ccc(-c5ccccc5)cn4)n3)nc2)cc1. The van der Waals surface area contributed by atoms with E-state index in [0.717, 1.165) is 72.5 Å². The lowest BCUT2D eigenvalue weighted by atomic mass is 9.92. The zero-order valence-corrected chi connectivity index (χ0v) is 44.3. The molecular weight excluding hydrogens is 1010 g/mol. The fourth-order valence-corrected chi connectivity index (χ4v) is 13.4. The standard InChI is InChI=1S/C73H45N7S/c1-6-20-46(21-7-1)50-34-38-60(74-44-50)72-76-71(77-73(78-72)61-39-35-51(45-75-61)47-22-8-2-9-23-47)52-42-58(48-24-10-3-11-25-48)68(59(43-52)49-26-12-4-13-27-49)80-63-33-19-17-31-57(63)67-65(80)41-37-55-54-36-40-64-66(69(54)81-70(55)67)56-30-16-18-32-62(56)79(64)53-28-14-5-15-29-53/h1-45H. The molecule has 0 spiro atoms. The lowest BCUT2D eigenvalue weighted by Crippen LogP contribution is -2.05. The normalized spacial score (nSPS) is 11.7. The van der Waals surface area contributed by atoms with Crippen molar-refractivity contribution in [3.8, 4) is 90.3 Å². The molecule has 8 heteroatoms. The lowest BCUT2D eigenvalue weighted by Gasteiger charge is -2.21. The van der Waals surface area contributed by atoms with Crippen LogP contribution in [0.2, 0.25) is 0 Å². The van der Waals surface area contributed by atoms with Crippen LogP contribution < -0.4 is 0 Å². The van der Waals surface area contributed by atoms with Crippen molar-refractivity contribution in [1.29, 1.82) is 0 Å². The van der Waals surface area contributed by atoms with Crippen LogP contribution in [0.3, 0.4) is 0 Å². The van der Waals surface area contributed by atoms with Crippen LogP contribution in [0.25, 0.3) is 154 Å². The van der Waals surface area contributed by atoms with Gasteiger partial charge in [0.2, 0.25) is 0 Å². The van der Waals surface area contributed by atoms with Crippen LogP contribution in [-0.4, -0.2) is 34.1 Å². The van der Waals surface area contributed by atoms with Gasteiger partial charge in [-0.05, 0) is 82.9 Å². The Morgan fingerprint density at radius 3 is 1.16 bits per heavy atom. The van der Waals surface area contributed by atoms with Gasteiger partial charge in [-0.1, -0.05) is 200 Å². The number of nitrogens with zero attached hydrogens (tertiary/aromatic N) is 7. The van der Waals surface area contributed by atoms with Gasteiger partial charge in [0.1, 0.15) is 11.4 Å². The van der Waals surface area contributed by atoms with Gasteiger partial charge in [0.25, 0.3) is 0 Å². The van der Waals surface area contributed by atoms with Crippen LogP contribution in [-0.2, 0) is 0 Å². The molecule has 6 aromatic heterocycles. The van der Waals surface area contributed by atoms with Crippen LogP contribution in [0, 0.1) is 0 Å². The monoisotopic (exact) mass is 1050 g/mol. The van der Waals surface area contributed by atoms with Crippen molar-refractivity contribution in [2.24, 2.45) is 0 Å². The van der Waals surface area contributed by atoms with E-state index in [4.69, 9.17) is 24.9 Å². The number of benzene rings is 10. The van der Waals surface area contributed by atoms with Crippen LogP contribution in [0.4, 0.5) is 0 Å². The largest absolute Gasteiger partial charge is 0.309 e. The molecule has 0 N–H and O–H groups in total. The molecule has 81 heavy (non-hydrogen) atoms. The van der Waals surface area contributed by atoms with Gasteiger partial charge in [-0.25, -0.2) is 15.0 Å². The molecular formula is C73H45N7S. The van der Waals surface area contributed by atoms with Crippen molar-refractivity contribution in [2.75, 3.05) is 0 Å². The molecule has 0 aliphatic carbocycles. The minimum atomic E-state index is 0.451. The average molecular weight is 1050 g/mol. The highest BCUT2D eigenvalue weighted by Crippen LogP contribution is 2.50. The first-order valence-corrected chi connectivity index (χ1v) is 28.0. The second-order valence-corrected chi connectivity index (χ2v) is 21.4. The highest BCUT2D eigenvalue weighted by molar-refractivity contribution is 7.27. The summed E-state index contributed by atoms with van der Waals surface area (Å²) in [5, 5.41) is 7.47. The maximum atomic E-state index is 5.32. The minimum absolute atomic E-state index is 0.451. The Bertz CT molecular complexity index is 4890. The molecule has 0 fully saturated rings. The van der Waals surface area contributed by atoms with Gasteiger partial charge in [-0.2, -0.15) is 0 Å². The van der Waals surface area contributed by atoms with Gasteiger partial charge < -0.3 is 9.13 Å². The molecule has 378 valence electrons. The number of aromatic nitrogens is 7. The molecule has 0 atom stereocenters. The first-order chi connectivity index (χ1) is 40.2. The summed E-state index contributed by atoms with van der Waals surface area (Å²) in [6.07, 6.45) is 3.78. The van der Waals surface area contributed by atoms with E-state index in [9.17, 15) is 0 Å². The predicted octanol–water partition coefficient (Wildman–Crippen LogP) is 18.9. The molecule has 0 aliphatic heterocycles. The average Bonchev–Trinajstić information content (AvgIpc) is 3.76. The van der Waals surface area contributed by atoms with Gasteiger partial charge in [-0.15, -0.1) is 11.3 Å². The van der Waals surface area contributed by atoms with Crippen LogP contribution in [0.1, 0.15) is 0 Å². The summed E-state index contributed by atoms with van der Waals surface area (Å²) in [6.45, 7) is 0. The summed E-state index contributed by atoms with van der Waals surface area (Å²) in [7, 11) is 0. The Hall–Kier alpha value is -10.7. The zero-order chi connectivity index (χ0) is 53.4. The first-order valence-electron chi connectivity index (χ1n) is 27.1. The number of hydrogen-bond donors (Lipinski definition) is 0. The molecule has 0 radical (unpaired) electrons. The fraction of sp³-hybridized carbons (Fsp3) is 0. The highest BCUT2D eigenvalue weighted by atomic mass is 32.1. The van der Waals surface area contributed by atoms with E-state index in [1.54, 1.807) is 0 Å². The molecule has 10 aromatic carbocycles. The third-order valence-corrected chi connectivity index (χ3v) is 16.9. The van der Waals surface area contributed by atoms with E-state index in [1.165, 1.54) is 52.8 Å². The number of fused-ring (bicyclic) bond motifs is 11. The molecule has 0 bridgehead atoms. The summed E-state index contributed by atoms with van der Waals surface area (Å²) in [5.41, 5.74) is 17.3. The van der Waals surface area contributed by atoms with E-state index in [1.807, 2.05) is 72.3 Å². The Morgan fingerprint density at radius 2 is 0.691 bits per heavy atom. The van der Waals surface area contributed by atoms with E-state index >= 15 is 0 Å². The number of thiophene rings is 1. The highest BCUT2D eigenvalue weighted by Gasteiger charge is 2.26. The predicted molar refractivity (Wildman–Crippen MR) is 335 cm³/mol. The van der Waals surface area contributed by atoms with Crippen molar-refractivity contribution in [1.82, 2.24) is 34.1 Å². The summed E-state index contributed by atoms with van der Waals surface area (Å²) in [5.74, 6) is 1.41. The minimum Gasteiger partial charge on any atom is -0.309 e.